The summed E-state index contributed by atoms with van der Waals surface area (Å²) in [4.78, 5) is 10.3. The van der Waals surface area contributed by atoms with Crippen molar-refractivity contribution in [1.29, 1.82) is 0 Å². The zero-order valence-electron chi connectivity index (χ0n) is 16.2. The van der Waals surface area contributed by atoms with Crippen LogP contribution in [0.3, 0.4) is 0 Å². The van der Waals surface area contributed by atoms with E-state index in [-0.39, 0.29) is 29.3 Å². The Morgan fingerprint density at radius 1 is 0.967 bits per heavy atom. The number of para-hydroxylation sites is 1. The lowest BCUT2D eigenvalue weighted by atomic mass is 10.1. The van der Waals surface area contributed by atoms with Crippen molar-refractivity contribution in [2.75, 3.05) is 6.61 Å². The van der Waals surface area contributed by atoms with Gasteiger partial charge < -0.3 is 4.74 Å². The number of hydrogen-bond acceptors (Lipinski definition) is 5. The van der Waals surface area contributed by atoms with Crippen LogP contribution in [0.15, 0.2) is 83.8 Å². The lowest BCUT2D eigenvalue weighted by Gasteiger charge is -2.08. The van der Waals surface area contributed by atoms with Crippen LogP contribution in [0.25, 0.3) is 0 Å². The predicted octanol–water partition coefficient (Wildman–Crippen LogP) is 4.10. The van der Waals surface area contributed by atoms with Crippen molar-refractivity contribution >= 4 is 15.7 Å². The van der Waals surface area contributed by atoms with Crippen LogP contribution in [0.5, 0.6) is 5.75 Å². The van der Waals surface area contributed by atoms with E-state index < -0.39 is 14.9 Å². The van der Waals surface area contributed by atoms with Gasteiger partial charge in [-0.2, -0.15) is 4.31 Å². The Kier molecular flexibility index (Phi) is 5.27. The molecule has 3 atom stereocenters. The molecule has 154 valence electrons. The van der Waals surface area contributed by atoms with Gasteiger partial charge in [-0.3, -0.25) is 10.1 Å². The number of nitro benzene ring substituents is 1. The Hall–Kier alpha value is -3.23. The molecule has 0 saturated carbocycles. The smallest absolute Gasteiger partial charge is 0.269 e. The fourth-order valence-corrected chi connectivity index (χ4v) is 5.21. The van der Waals surface area contributed by atoms with E-state index in [0.717, 1.165) is 11.1 Å². The number of ether oxygens (including phenoxy) is 1. The number of benzene rings is 3. The van der Waals surface area contributed by atoms with Crippen LogP contribution < -0.4 is 4.74 Å². The highest BCUT2D eigenvalue weighted by molar-refractivity contribution is 7.89. The lowest BCUT2D eigenvalue weighted by Crippen LogP contribution is -2.18. The summed E-state index contributed by atoms with van der Waals surface area (Å²) < 4.78 is 33.7. The van der Waals surface area contributed by atoms with Crippen LogP contribution >= 0.6 is 0 Å². The van der Waals surface area contributed by atoms with Gasteiger partial charge in [-0.05, 0) is 36.8 Å². The van der Waals surface area contributed by atoms with Gasteiger partial charge >= 0.3 is 0 Å². The molecule has 0 radical (unpaired) electrons. The first kappa shape index (κ1) is 20.1. The summed E-state index contributed by atoms with van der Waals surface area (Å²) in [6.45, 7) is 2.17. The minimum atomic E-state index is -3.84. The van der Waals surface area contributed by atoms with Gasteiger partial charge in [0.25, 0.3) is 5.69 Å². The topological polar surface area (TPSA) is 89.5 Å². The van der Waals surface area contributed by atoms with Gasteiger partial charge in [0.15, 0.2) is 0 Å². The maximum atomic E-state index is 13.2. The van der Waals surface area contributed by atoms with E-state index in [1.807, 2.05) is 61.5 Å². The molecule has 30 heavy (non-hydrogen) atoms. The zero-order chi connectivity index (χ0) is 21.3. The molecule has 8 heteroatoms. The Balaban J connectivity index is 1.61. The second kappa shape index (κ2) is 7.89. The molecule has 1 aliphatic heterocycles. The van der Waals surface area contributed by atoms with E-state index in [1.165, 1.54) is 28.6 Å². The zero-order valence-corrected chi connectivity index (χ0v) is 17.0. The molecule has 0 bridgehead atoms. The molecule has 0 aliphatic carbocycles. The molecule has 3 aromatic rings. The van der Waals surface area contributed by atoms with E-state index >= 15 is 0 Å². The molecule has 1 saturated heterocycles. The number of rotatable bonds is 7. The molecule has 0 spiro atoms. The molecule has 1 unspecified atom stereocenters. The minimum absolute atomic E-state index is 0.0208. The third-order valence-electron chi connectivity index (χ3n) is 5.08. The first-order chi connectivity index (χ1) is 14.4. The molecular weight excluding hydrogens is 404 g/mol. The SMILES string of the molecule is Cc1ccc([C@@H]2[C@@H](COc3ccccc3)N2S(=O)(=O)c2ccc([N+](=O)[O-])cc2)cc1. The second-order valence-electron chi connectivity index (χ2n) is 7.13. The van der Waals surface area contributed by atoms with Crippen molar-refractivity contribution in [2.45, 2.75) is 23.9 Å². The van der Waals surface area contributed by atoms with E-state index in [4.69, 9.17) is 4.74 Å². The first-order valence-corrected chi connectivity index (χ1v) is 10.8. The fraction of sp³-hybridized carbons (Fsp3) is 0.182. The fourth-order valence-electron chi connectivity index (χ4n) is 3.44. The molecular formula is C22H20N2O5S. The Morgan fingerprint density at radius 3 is 2.20 bits per heavy atom. The van der Waals surface area contributed by atoms with Gasteiger partial charge in [-0.15, -0.1) is 0 Å². The van der Waals surface area contributed by atoms with Gasteiger partial charge in [0.1, 0.15) is 12.4 Å². The monoisotopic (exact) mass is 424 g/mol. The lowest BCUT2D eigenvalue weighted by molar-refractivity contribution is -0.384. The van der Waals surface area contributed by atoms with Crippen molar-refractivity contribution in [3.63, 3.8) is 0 Å². The van der Waals surface area contributed by atoms with Gasteiger partial charge in [0, 0.05) is 12.1 Å². The molecule has 1 heterocycles. The van der Waals surface area contributed by atoms with Crippen LogP contribution in [0.2, 0.25) is 0 Å². The van der Waals surface area contributed by atoms with Crippen LogP contribution in [0, 0.1) is 17.0 Å². The van der Waals surface area contributed by atoms with E-state index in [9.17, 15) is 18.5 Å². The molecule has 0 amide bonds. The number of nitro groups is 1. The quantitative estimate of drug-likeness (QED) is 0.324. The highest BCUT2D eigenvalue weighted by Crippen LogP contribution is 2.48. The number of aryl methyl sites for hydroxylation is 1. The molecule has 7 nitrogen and oxygen atoms in total. The maximum Gasteiger partial charge on any atom is 0.269 e. The number of sulfonamides is 1. The van der Waals surface area contributed by atoms with Crippen molar-refractivity contribution < 1.29 is 18.1 Å². The minimum Gasteiger partial charge on any atom is -0.492 e. The van der Waals surface area contributed by atoms with Crippen LogP contribution in [0.4, 0.5) is 5.69 Å². The summed E-state index contributed by atoms with van der Waals surface area (Å²) in [6.07, 6.45) is 0. The molecule has 4 rings (SSSR count). The normalized spacial score (nSPS) is 20.5. The van der Waals surface area contributed by atoms with E-state index in [2.05, 4.69) is 0 Å². The van der Waals surface area contributed by atoms with Gasteiger partial charge in [-0.1, -0.05) is 48.0 Å². The summed E-state index contributed by atoms with van der Waals surface area (Å²) in [7, 11) is -3.84. The maximum absolute atomic E-state index is 13.2. The predicted molar refractivity (Wildman–Crippen MR) is 112 cm³/mol. The molecule has 1 aliphatic rings. The first-order valence-electron chi connectivity index (χ1n) is 9.40. The van der Waals surface area contributed by atoms with Crippen LogP contribution in [0.1, 0.15) is 17.2 Å². The number of hydrogen-bond donors (Lipinski definition) is 0. The van der Waals surface area contributed by atoms with Crippen molar-refractivity contribution in [3.05, 3.63) is 100 Å². The Morgan fingerprint density at radius 2 is 1.60 bits per heavy atom. The average Bonchev–Trinajstić information content (AvgIpc) is 3.49. The van der Waals surface area contributed by atoms with Gasteiger partial charge in [0.2, 0.25) is 10.0 Å². The standard InChI is InChI=1S/C22H20N2O5S/c1-16-7-9-17(10-8-16)22-21(15-29-19-5-3-2-4-6-19)23(22)30(27,28)20-13-11-18(12-14-20)24(25)26/h2-14,21-22H,15H2,1H3/t21-,22-,23?/m1/s1. The molecule has 0 N–H and O–H groups in total. The third-order valence-corrected chi connectivity index (χ3v) is 7.00. The summed E-state index contributed by atoms with van der Waals surface area (Å²) >= 11 is 0. The van der Waals surface area contributed by atoms with Crippen molar-refractivity contribution in [3.8, 4) is 5.75 Å². The summed E-state index contributed by atoms with van der Waals surface area (Å²) in [5, 5.41) is 10.9. The Labute approximate surface area is 174 Å². The third kappa shape index (κ3) is 3.92. The van der Waals surface area contributed by atoms with Crippen LogP contribution in [-0.4, -0.2) is 30.3 Å². The number of non-ortho nitro benzene ring substituents is 1. The molecule has 1 fully saturated rings. The van der Waals surface area contributed by atoms with Gasteiger partial charge in [0.05, 0.1) is 21.9 Å². The second-order valence-corrected chi connectivity index (χ2v) is 8.98. The molecule has 0 aromatic heterocycles. The van der Waals surface area contributed by atoms with Crippen molar-refractivity contribution in [2.24, 2.45) is 0 Å². The Bertz CT molecular complexity index is 1150. The average molecular weight is 424 g/mol. The largest absolute Gasteiger partial charge is 0.492 e. The van der Waals surface area contributed by atoms with Crippen LogP contribution in [-0.2, 0) is 10.0 Å². The van der Waals surface area contributed by atoms with Gasteiger partial charge in [-0.25, -0.2) is 8.42 Å². The molecule has 3 aromatic carbocycles. The summed E-state index contributed by atoms with van der Waals surface area (Å²) in [5.41, 5.74) is 1.81. The highest BCUT2D eigenvalue weighted by Gasteiger charge is 2.56. The summed E-state index contributed by atoms with van der Waals surface area (Å²) in [5.74, 6) is 0.666. The summed E-state index contributed by atoms with van der Waals surface area (Å²) in [6, 6.07) is 21.2. The highest BCUT2D eigenvalue weighted by atomic mass is 32.2. The van der Waals surface area contributed by atoms with E-state index in [0.29, 0.717) is 5.75 Å². The van der Waals surface area contributed by atoms with Crippen molar-refractivity contribution in [1.82, 2.24) is 4.31 Å². The number of nitrogens with zero attached hydrogens (tertiary/aromatic N) is 2. The van der Waals surface area contributed by atoms with E-state index in [1.54, 1.807) is 0 Å².